The lowest BCUT2D eigenvalue weighted by atomic mass is 10.1. The number of aromatic nitrogens is 1. The summed E-state index contributed by atoms with van der Waals surface area (Å²) < 4.78 is 5.81. The first-order valence-electron chi connectivity index (χ1n) is 10.4. The van der Waals surface area contributed by atoms with E-state index in [1.165, 1.54) is 24.1 Å². The largest absolute Gasteiger partial charge is 0.376 e. The van der Waals surface area contributed by atoms with Crippen LogP contribution >= 0.6 is 0 Å². The Morgan fingerprint density at radius 2 is 2.07 bits per heavy atom. The minimum absolute atomic E-state index is 0.0570. The Kier molecular flexibility index (Phi) is 5.91. The Hall–Kier alpha value is -2.40. The molecule has 0 aliphatic carbocycles. The van der Waals surface area contributed by atoms with Gasteiger partial charge in [-0.15, -0.1) is 0 Å². The summed E-state index contributed by atoms with van der Waals surface area (Å²) in [5, 5.41) is 0. The molecule has 5 heteroatoms. The average Bonchev–Trinajstić information content (AvgIpc) is 3.42. The van der Waals surface area contributed by atoms with E-state index in [0.717, 1.165) is 43.8 Å². The van der Waals surface area contributed by atoms with Crippen LogP contribution in [0.25, 0.3) is 0 Å². The van der Waals surface area contributed by atoms with Crippen molar-refractivity contribution in [2.45, 2.75) is 45.3 Å². The number of amides is 1. The molecule has 3 heterocycles. The van der Waals surface area contributed by atoms with E-state index in [1.54, 1.807) is 6.20 Å². The fourth-order valence-corrected chi connectivity index (χ4v) is 4.16. The Morgan fingerprint density at radius 3 is 2.79 bits per heavy atom. The van der Waals surface area contributed by atoms with Crippen LogP contribution in [0.2, 0.25) is 0 Å². The van der Waals surface area contributed by atoms with E-state index < -0.39 is 0 Å². The molecule has 28 heavy (non-hydrogen) atoms. The molecule has 2 aliphatic heterocycles. The fraction of sp³-hybridized carbons (Fsp3) is 0.478. The summed E-state index contributed by atoms with van der Waals surface area (Å²) in [4.78, 5) is 22.2. The molecule has 2 aliphatic rings. The van der Waals surface area contributed by atoms with Gasteiger partial charge >= 0.3 is 0 Å². The normalized spacial score (nSPS) is 19.2. The highest BCUT2D eigenvalue weighted by molar-refractivity contribution is 5.95. The van der Waals surface area contributed by atoms with Gasteiger partial charge in [0.15, 0.2) is 0 Å². The van der Waals surface area contributed by atoms with Gasteiger partial charge in [-0.3, -0.25) is 9.78 Å². The number of nitrogens with zero attached hydrogens (tertiary/aromatic N) is 3. The van der Waals surface area contributed by atoms with Crippen LogP contribution in [0, 0.1) is 6.92 Å². The van der Waals surface area contributed by atoms with E-state index in [9.17, 15) is 4.79 Å². The van der Waals surface area contributed by atoms with Crippen LogP contribution in [-0.2, 0) is 11.3 Å². The van der Waals surface area contributed by atoms with Gasteiger partial charge in [0.2, 0.25) is 0 Å². The topological polar surface area (TPSA) is 45.7 Å². The molecule has 5 nitrogen and oxygen atoms in total. The number of rotatable bonds is 6. The lowest BCUT2D eigenvalue weighted by Gasteiger charge is -2.26. The third kappa shape index (κ3) is 4.36. The lowest BCUT2D eigenvalue weighted by Crippen LogP contribution is -2.37. The number of anilines is 1. The molecule has 4 rings (SSSR count). The van der Waals surface area contributed by atoms with Crippen molar-refractivity contribution < 1.29 is 9.53 Å². The van der Waals surface area contributed by atoms with Crippen LogP contribution in [0.15, 0.2) is 42.6 Å². The van der Waals surface area contributed by atoms with Crippen molar-refractivity contribution in [3.63, 3.8) is 0 Å². The zero-order valence-electron chi connectivity index (χ0n) is 16.6. The van der Waals surface area contributed by atoms with Crippen molar-refractivity contribution in [3.05, 3.63) is 59.4 Å². The molecule has 1 atom stereocenters. The minimum atomic E-state index is 0.0570. The van der Waals surface area contributed by atoms with Crippen LogP contribution in [0.1, 0.15) is 47.3 Å². The van der Waals surface area contributed by atoms with Gasteiger partial charge in [-0.1, -0.05) is 12.1 Å². The van der Waals surface area contributed by atoms with Crippen molar-refractivity contribution in [3.8, 4) is 0 Å². The number of carbonyl (C=O) groups excluding carboxylic acids is 1. The molecule has 0 radical (unpaired) electrons. The molecular formula is C23H29N3O2. The van der Waals surface area contributed by atoms with Gasteiger partial charge in [0, 0.05) is 43.7 Å². The maximum absolute atomic E-state index is 13.4. The van der Waals surface area contributed by atoms with Crippen molar-refractivity contribution in [2.75, 3.05) is 31.1 Å². The smallest absolute Gasteiger partial charge is 0.254 e. The van der Waals surface area contributed by atoms with E-state index in [0.29, 0.717) is 13.1 Å². The zero-order chi connectivity index (χ0) is 19.3. The molecule has 2 aromatic rings. The molecule has 1 aromatic heterocycles. The van der Waals surface area contributed by atoms with E-state index >= 15 is 0 Å². The lowest BCUT2D eigenvalue weighted by molar-refractivity contribution is 0.0504. The maximum Gasteiger partial charge on any atom is 0.254 e. The molecule has 1 unspecified atom stereocenters. The number of ether oxygens (including phenoxy) is 1. The van der Waals surface area contributed by atoms with Crippen LogP contribution < -0.4 is 4.90 Å². The van der Waals surface area contributed by atoms with Crippen LogP contribution in [0.4, 0.5) is 5.69 Å². The number of hydrogen-bond donors (Lipinski definition) is 0. The van der Waals surface area contributed by atoms with E-state index in [-0.39, 0.29) is 12.0 Å². The van der Waals surface area contributed by atoms with Gasteiger partial charge in [0.25, 0.3) is 5.91 Å². The molecule has 0 saturated carbocycles. The Balaban J connectivity index is 1.57. The highest BCUT2D eigenvalue weighted by Gasteiger charge is 2.25. The quantitative estimate of drug-likeness (QED) is 0.766. The predicted molar refractivity (Wildman–Crippen MR) is 111 cm³/mol. The highest BCUT2D eigenvalue weighted by atomic mass is 16.5. The summed E-state index contributed by atoms with van der Waals surface area (Å²) >= 11 is 0. The van der Waals surface area contributed by atoms with E-state index in [4.69, 9.17) is 4.74 Å². The third-order valence-electron chi connectivity index (χ3n) is 5.72. The van der Waals surface area contributed by atoms with Crippen LogP contribution in [0.5, 0.6) is 0 Å². The van der Waals surface area contributed by atoms with Gasteiger partial charge in [0.1, 0.15) is 0 Å². The van der Waals surface area contributed by atoms with E-state index in [2.05, 4.69) is 28.9 Å². The molecule has 0 spiro atoms. The third-order valence-corrected chi connectivity index (χ3v) is 5.72. The fourth-order valence-electron chi connectivity index (χ4n) is 4.16. The standard InChI is InChI=1S/C23H29N3O2/c1-18-9-10-19(15-22(18)25-12-4-5-13-25)23(27)26(17-21-8-6-14-28-21)16-20-7-2-3-11-24-20/h2-3,7,9-11,15,21H,4-6,8,12-14,16-17H2,1H3. The summed E-state index contributed by atoms with van der Waals surface area (Å²) in [5.41, 5.74) is 4.08. The molecule has 148 valence electrons. The first-order chi connectivity index (χ1) is 13.7. The van der Waals surface area contributed by atoms with Gasteiger partial charge < -0.3 is 14.5 Å². The number of pyridine rings is 1. The molecule has 2 fully saturated rings. The maximum atomic E-state index is 13.4. The molecular weight excluding hydrogens is 350 g/mol. The van der Waals surface area contributed by atoms with Crippen molar-refractivity contribution >= 4 is 11.6 Å². The predicted octanol–water partition coefficient (Wildman–Crippen LogP) is 3.81. The Labute approximate surface area is 167 Å². The SMILES string of the molecule is Cc1ccc(C(=O)N(Cc2ccccn2)CC2CCCO2)cc1N1CCCC1. The molecule has 2 saturated heterocycles. The summed E-state index contributed by atoms with van der Waals surface area (Å²) in [6, 6.07) is 11.9. The zero-order valence-corrected chi connectivity index (χ0v) is 16.6. The van der Waals surface area contributed by atoms with Gasteiger partial charge in [-0.25, -0.2) is 0 Å². The van der Waals surface area contributed by atoms with E-state index in [1.807, 2.05) is 29.2 Å². The number of benzene rings is 1. The summed E-state index contributed by atoms with van der Waals surface area (Å²) in [6.45, 7) is 6.19. The highest BCUT2D eigenvalue weighted by Crippen LogP contribution is 2.26. The second kappa shape index (κ2) is 8.74. The van der Waals surface area contributed by atoms with Crippen molar-refractivity contribution in [2.24, 2.45) is 0 Å². The second-order valence-corrected chi connectivity index (χ2v) is 7.84. The summed E-state index contributed by atoms with van der Waals surface area (Å²) in [5.74, 6) is 0.0570. The van der Waals surface area contributed by atoms with Gasteiger partial charge in [-0.2, -0.15) is 0 Å². The van der Waals surface area contributed by atoms with Crippen LogP contribution in [-0.4, -0.2) is 48.1 Å². The number of carbonyl (C=O) groups is 1. The van der Waals surface area contributed by atoms with Crippen molar-refractivity contribution in [1.29, 1.82) is 0 Å². The van der Waals surface area contributed by atoms with Crippen LogP contribution in [0.3, 0.4) is 0 Å². The average molecular weight is 380 g/mol. The minimum Gasteiger partial charge on any atom is -0.376 e. The van der Waals surface area contributed by atoms with Gasteiger partial charge in [-0.05, 0) is 62.4 Å². The molecule has 1 amide bonds. The second-order valence-electron chi connectivity index (χ2n) is 7.84. The molecule has 0 N–H and O–H groups in total. The number of hydrogen-bond acceptors (Lipinski definition) is 4. The van der Waals surface area contributed by atoms with Gasteiger partial charge in [0.05, 0.1) is 18.3 Å². The summed E-state index contributed by atoms with van der Waals surface area (Å²) in [6.07, 6.45) is 6.43. The first-order valence-corrected chi connectivity index (χ1v) is 10.4. The Bertz CT molecular complexity index is 797. The number of aryl methyl sites for hydroxylation is 1. The van der Waals surface area contributed by atoms with Crippen molar-refractivity contribution in [1.82, 2.24) is 9.88 Å². The molecule has 1 aromatic carbocycles. The summed E-state index contributed by atoms with van der Waals surface area (Å²) in [7, 11) is 0. The molecule has 0 bridgehead atoms. The first kappa shape index (κ1) is 18.9. The Morgan fingerprint density at radius 1 is 1.21 bits per heavy atom. The monoisotopic (exact) mass is 379 g/mol.